The van der Waals surface area contributed by atoms with Gasteiger partial charge in [0.2, 0.25) is 5.91 Å². The molecule has 0 radical (unpaired) electrons. The van der Waals surface area contributed by atoms with Crippen molar-refractivity contribution in [2.75, 3.05) is 19.3 Å². The fourth-order valence-corrected chi connectivity index (χ4v) is 4.24. The second-order valence-electron chi connectivity index (χ2n) is 4.65. The number of hydrogen-bond donors (Lipinski definition) is 1. The Labute approximate surface area is 102 Å². The van der Waals surface area contributed by atoms with Gasteiger partial charge < -0.3 is 10.2 Å². The van der Waals surface area contributed by atoms with Gasteiger partial charge in [-0.15, -0.1) is 0 Å². The Morgan fingerprint density at radius 2 is 2.25 bits per heavy atom. The fourth-order valence-electron chi connectivity index (χ4n) is 2.97. The number of carbonyl (C=O) groups excluding carboxylic acids is 1. The predicted molar refractivity (Wildman–Crippen MR) is 68.7 cm³/mol. The molecule has 1 saturated heterocycles. The van der Waals surface area contributed by atoms with E-state index in [2.05, 4.69) is 17.1 Å². The van der Waals surface area contributed by atoms with Crippen molar-refractivity contribution < 1.29 is 4.79 Å². The van der Waals surface area contributed by atoms with Crippen LogP contribution in [0.2, 0.25) is 0 Å². The number of likely N-dealkylation sites (N-methyl/N-ethyl adjacent to an activating group) is 1. The predicted octanol–water partition coefficient (Wildman–Crippen LogP) is 1.48. The van der Waals surface area contributed by atoms with Gasteiger partial charge in [-0.05, 0) is 32.1 Å². The highest BCUT2D eigenvalue weighted by atomic mass is 32.2. The van der Waals surface area contributed by atoms with E-state index in [1.165, 1.54) is 25.0 Å². The molecule has 1 aliphatic heterocycles. The van der Waals surface area contributed by atoms with Crippen LogP contribution < -0.4 is 5.32 Å². The summed E-state index contributed by atoms with van der Waals surface area (Å²) in [4.78, 5) is 14.3. The molecule has 1 saturated carbocycles. The zero-order valence-corrected chi connectivity index (χ0v) is 11.1. The van der Waals surface area contributed by atoms with Gasteiger partial charge in [-0.25, -0.2) is 0 Å². The lowest BCUT2D eigenvalue weighted by molar-refractivity contribution is -0.131. The number of likely N-dealkylation sites (tertiary alicyclic amines) is 1. The Morgan fingerprint density at radius 1 is 1.44 bits per heavy atom. The summed E-state index contributed by atoms with van der Waals surface area (Å²) in [5.74, 6) is 1.50. The quantitative estimate of drug-likeness (QED) is 0.810. The molecular formula is C12H22N2OS. The van der Waals surface area contributed by atoms with E-state index in [1.54, 1.807) is 0 Å². The van der Waals surface area contributed by atoms with Crippen molar-refractivity contribution in [1.29, 1.82) is 0 Å². The smallest absolute Gasteiger partial charge is 0.240 e. The van der Waals surface area contributed by atoms with Crippen LogP contribution in [0.3, 0.4) is 0 Å². The highest BCUT2D eigenvalue weighted by Crippen LogP contribution is 2.35. The number of nitrogens with one attached hydrogen (secondary N) is 1. The lowest BCUT2D eigenvalue weighted by Gasteiger charge is -2.29. The molecule has 2 rings (SSSR count). The first-order valence-electron chi connectivity index (χ1n) is 6.37. The van der Waals surface area contributed by atoms with Crippen LogP contribution in [0.4, 0.5) is 0 Å². The van der Waals surface area contributed by atoms with E-state index < -0.39 is 0 Å². The molecular weight excluding hydrogens is 220 g/mol. The first kappa shape index (κ1) is 12.2. The maximum absolute atomic E-state index is 12.1. The summed E-state index contributed by atoms with van der Waals surface area (Å²) in [6.45, 7) is 3.16. The molecule has 16 heavy (non-hydrogen) atoms. The molecule has 92 valence electrons. The second-order valence-corrected chi connectivity index (χ2v) is 6.17. The van der Waals surface area contributed by atoms with Crippen molar-refractivity contribution in [3.63, 3.8) is 0 Å². The third-order valence-electron chi connectivity index (χ3n) is 3.79. The van der Waals surface area contributed by atoms with Gasteiger partial charge in [-0.2, -0.15) is 11.8 Å². The lowest BCUT2D eigenvalue weighted by Crippen LogP contribution is -2.44. The normalized spacial score (nSPS) is 35.0. The van der Waals surface area contributed by atoms with Crippen molar-refractivity contribution in [1.82, 2.24) is 10.2 Å². The topological polar surface area (TPSA) is 32.3 Å². The van der Waals surface area contributed by atoms with Crippen LogP contribution in [-0.4, -0.2) is 47.5 Å². The molecule has 1 N–H and O–H groups in total. The number of amides is 1. The van der Waals surface area contributed by atoms with Gasteiger partial charge in [0.05, 0.1) is 6.04 Å². The lowest BCUT2D eigenvalue weighted by atomic mass is 10.2. The minimum Gasteiger partial charge on any atom is -0.337 e. The molecule has 0 aromatic heterocycles. The Hall–Kier alpha value is -0.220. The molecule has 0 bridgehead atoms. The summed E-state index contributed by atoms with van der Waals surface area (Å²) < 4.78 is 0. The molecule has 0 aromatic rings. The summed E-state index contributed by atoms with van der Waals surface area (Å²) in [6, 6.07) is 0.587. The third kappa shape index (κ3) is 2.23. The highest BCUT2D eigenvalue weighted by Gasteiger charge is 2.40. The van der Waals surface area contributed by atoms with Crippen molar-refractivity contribution in [2.24, 2.45) is 0 Å². The van der Waals surface area contributed by atoms with Gasteiger partial charge in [-0.3, -0.25) is 4.79 Å². The summed E-state index contributed by atoms with van der Waals surface area (Å²) in [5, 5.41) is 3.80. The molecule has 3 unspecified atom stereocenters. The fraction of sp³-hybridized carbons (Fsp3) is 0.917. The van der Waals surface area contributed by atoms with Crippen LogP contribution in [0.1, 0.15) is 32.6 Å². The monoisotopic (exact) mass is 242 g/mol. The van der Waals surface area contributed by atoms with E-state index in [1.807, 2.05) is 18.8 Å². The van der Waals surface area contributed by atoms with Gasteiger partial charge in [0, 0.05) is 17.8 Å². The molecule has 2 aliphatic rings. The molecule has 1 heterocycles. The van der Waals surface area contributed by atoms with Crippen molar-refractivity contribution in [2.45, 2.75) is 49.9 Å². The van der Waals surface area contributed by atoms with E-state index in [-0.39, 0.29) is 6.04 Å². The summed E-state index contributed by atoms with van der Waals surface area (Å²) in [6.07, 6.45) is 4.77. The van der Waals surface area contributed by atoms with Crippen molar-refractivity contribution >= 4 is 17.7 Å². The highest BCUT2D eigenvalue weighted by molar-refractivity contribution is 7.99. The largest absolute Gasteiger partial charge is 0.337 e. The Morgan fingerprint density at radius 3 is 2.88 bits per heavy atom. The standard InChI is InChI=1S/C12H22N2OS/c1-3-16-11-6-4-5-10(11)14-8-7-9(13-2)12(14)15/h9-11,13H,3-8H2,1-2H3. The Kier molecular flexibility index (Phi) is 4.14. The zero-order valence-electron chi connectivity index (χ0n) is 10.2. The summed E-state index contributed by atoms with van der Waals surface area (Å²) in [5.41, 5.74) is 0. The van der Waals surface area contributed by atoms with Crippen molar-refractivity contribution in [3.8, 4) is 0 Å². The Bertz CT molecular complexity index is 259. The molecule has 3 atom stereocenters. The Balaban J connectivity index is 1.99. The van der Waals surface area contributed by atoms with Gasteiger partial charge in [-0.1, -0.05) is 13.3 Å². The van der Waals surface area contributed by atoms with E-state index >= 15 is 0 Å². The third-order valence-corrected chi connectivity index (χ3v) is 5.10. The van der Waals surface area contributed by atoms with Crippen LogP contribution in [0.15, 0.2) is 0 Å². The number of nitrogens with zero attached hydrogens (tertiary/aromatic N) is 1. The van der Waals surface area contributed by atoms with Crippen LogP contribution in [-0.2, 0) is 4.79 Å². The minimum atomic E-state index is 0.0767. The summed E-state index contributed by atoms with van der Waals surface area (Å²) in [7, 11) is 1.89. The molecule has 1 amide bonds. The van der Waals surface area contributed by atoms with Crippen LogP contribution >= 0.6 is 11.8 Å². The SMILES string of the molecule is CCSC1CCCC1N1CCC(NC)C1=O. The number of thioether (sulfide) groups is 1. The van der Waals surface area contributed by atoms with E-state index in [0.29, 0.717) is 17.2 Å². The number of hydrogen-bond acceptors (Lipinski definition) is 3. The number of carbonyl (C=O) groups is 1. The average Bonchev–Trinajstić information content (AvgIpc) is 2.85. The van der Waals surface area contributed by atoms with Crippen LogP contribution in [0.5, 0.6) is 0 Å². The molecule has 0 spiro atoms. The molecule has 4 heteroatoms. The second kappa shape index (κ2) is 5.41. The average molecular weight is 242 g/mol. The van der Waals surface area contributed by atoms with Gasteiger partial charge >= 0.3 is 0 Å². The van der Waals surface area contributed by atoms with Gasteiger partial charge in [0.15, 0.2) is 0 Å². The van der Waals surface area contributed by atoms with Gasteiger partial charge in [0.25, 0.3) is 0 Å². The van der Waals surface area contributed by atoms with Crippen LogP contribution in [0.25, 0.3) is 0 Å². The molecule has 3 nitrogen and oxygen atoms in total. The van der Waals surface area contributed by atoms with Gasteiger partial charge in [0.1, 0.15) is 0 Å². The zero-order chi connectivity index (χ0) is 11.5. The minimum absolute atomic E-state index is 0.0767. The molecule has 2 fully saturated rings. The van der Waals surface area contributed by atoms with E-state index in [0.717, 1.165) is 13.0 Å². The van der Waals surface area contributed by atoms with Crippen molar-refractivity contribution in [3.05, 3.63) is 0 Å². The maximum atomic E-state index is 12.1. The first-order valence-corrected chi connectivity index (χ1v) is 7.42. The van der Waals surface area contributed by atoms with E-state index in [4.69, 9.17) is 0 Å². The van der Waals surface area contributed by atoms with E-state index in [9.17, 15) is 4.79 Å². The molecule has 0 aromatic carbocycles. The number of rotatable bonds is 4. The first-order chi connectivity index (χ1) is 7.77. The maximum Gasteiger partial charge on any atom is 0.240 e. The van der Waals surface area contributed by atoms with Crippen LogP contribution in [0, 0.1) is 0 Å². The molecule has 1 aliphatic carbocycles. The summed E-state index contributed by atoms with van der Waals surface area (Å²) >= 11 is 2.03.